The molecular formula is C15H20N4OS2. The SMILES string of the molecule is CN(C)C(=O)n1c(C(C)(C)C)nc2ccc(NC(=S)S)cc21. The second kappa shape index (κ2) is 5.89. The number of nitrogens with zero attached hydrogens (tertiary/aromatic N) is 3. The minimum absolute atomic E-state index is 0.127. The summed E-state index contributed by atoms with van der Waals surface area (Å²) in [6.45, 7) is 6.11. The van der Waals surface area contributed by atoms with Crippen molar-refractivity contribution in [3.05, 3.63) is 24.0 Å². The molecule has 0 atom stereocenters. The highest BCUT2D eigenvalue weighted by molar-refractivity contribution is 8.11. The van der Waals surface area contributed by atoms with E-state index in [1.54, 1.807) is 23.6 Å². The van der Waals surface area contributed by atoms with Crippen LogP contribution in [-0.2, 0) is 5.41 Å². The van der Waals surface area contributed by atoms with Crippen LogP contribution >= 0.6 is 24.8 Å². The fourth-order valence-corrected chi connectivity index (χ4v) is 2.42. The monoisotopic (exact) mass is 336 g/mol. The van der Waals surface area contributed by atoms with Crippen LogP contribution in [0.4, 0.5) is 10.5 Å². The molecule has 0 aliphatic heterocycles. The van der Waals surface area contributed by atoms with Gasteiger partial charge in [0.05, 0.1) is 11.0 Å². The number of benzene rings is 1. The third kappa shape index (κ3) is 3.25. The lowest BCUT2D eigenvalue weighted by molar-refractivity contribution is 0.218. The van der Waals surface area contributed by atoms with Crippen LogP contribution in [0.15, 0.2) is 18.2 Å². The van der Waals surface area contributed by atoms with Crippen molar-refractivity contribution in [1.82, 2.24) is 14.5 Å². The number of hydrogen-bond donors (Lipinski definition) is 2. The number of nitrogens with one attached hydrogen (secondary N) is 1. The number of imidazole rings is 1. The smallest absolute Gasteiger partial charge is 0.329 e. The van der Waals surface area contributed by atoms with Gasteiger partial charge in [-0.2, -0.15) is 0 Å². The second-order valence-electron chi connectivity index (χ2n) is 6.33. The Morgan fingerprint density at radius 1 is 1.36 bits per heavy atom. The molecule has 5 nitrogen and oxygen atoms in total. The van der Waals surface area contributed by atoms with Gasteiger partial charge >= 0.3 is 6.03 Å². The number of anilines is 1. The molecule has 0 saturated carbocycles. The van der Waals surface area contributed by atoms with Crippen LogP contribution in [0.1, 0.15) is 26.6 Å². The summed E-state index contributed by atoms with van der Waals surface area (Å²) in [5.41, 5.74) is 2.05. The van der Waals surface area contributed by atoms with E-state index in [1.807, 2.05) is 39.0 Å². The van der Waals surface area contributed by atoms with E-state index in [-0.39, 0.29) is 11.4 Å². The van der Waals surface area contributed by atoms with Crippen molar-refractivity contribution in [2.24, 2.45) is 0 Å². The Morgan fingerprint density at radius 3 is 2.50 bits per heavy atom. The summed E-state index contributed by atoms with van der Waals surface area (Å²) in [5, 5.41) is 2.97. The second-order valence-corrected chi connectivity index (χ2v) is 7.49. The van der Waals surface area contributed by atoms with Crippen LogP contribution in [0, 0.1) is 0 Å². The molecule has 2 rings (SSSR count). The molecule has 7 heteroatoms. The van der Waals surface area contributed by atoms with Crippen molar-refractivity contribution < 1.29 is 4.79 Å². The van der Waals surface area contributed by atoms with Crippen molar-refractivity contribution in [1.29, 1.82) is 0 Å². The van der Waals surface area contributed by atoms with E-state index in [9.17, 15) is 4.79 Å². The zero-order valence-electron chi connectivity index (χ0n) is 13.3. The Kier molecular flexibility index (Phi) is 4.49. The van der Waals surface area contributed by atoms with Crippen LogP contribution < -0.4 is 5.32 Å². The zero-order valence-corrected chi connectivity index (χ0v) is 15.0. The first-order valence-corrected chi connectivity index (χ1v) is 7.71. The summed E-state index contributed by atoms with van der Waals surface area (Å²) in [6.07, 6.45) is 0. The summed E-state index contributed by atoms with van der Waals surface area (Å²) in [5.74, 6) is 0.729. The van der Waals surface area contributed by atoms with Crippen molar-refractivity contribution in [2.45, 2.75) is 26.2 Å². The number of amides is 1. The van der Waals surface area contributed by atoms with Crippen molar-refractivity contribution in [2.75, 3.05) is 19.4 Å². The lowest BCUT2D eigenvalue weighted by Gasteiger charge is -2.21. The molecule has 0 spiro atoms. The van der Waals surface area contributed by atoms with Crippen LogP contribution in [0.5, 0.6) is 0 Å². The lowest BCUT2D eigenvalue weighted by atomic mass is 9.96. The maximum absolute atomic E-state index is 12.6. The largest absolute Gasteiger partial charge is 0.341 e. The molecule has 118 valence electrons. The standard InChI is InChI=1S/C15H20N4OS2/c1-15(2,3)12-17-10-7-6-9(16-13(21)22)8-11(10)19(12)14(20)18(4)5/h6-8H,1-5H3,(H2,16,21,22). The molecule has 0 fully saturated rings. The predicted octanol–water partition coefficient (Wildman–Crippen LogP) is 3.49. The summed E-state index contributed by atoms with van der Waals surface area (Å²) in [6, 6.07) is 5.48. The Morgan fingerprint density at radius 2 is 2.00 bits per heavy atom. The average Bonchev–Trinajstić information content (AvgIpc) is 2.75. The van der Waals surface area contributed by atoms with Gasteiger partial charge in [0.1, 0.15) is 10.1 Å². The van der Waals surface area contributed by atoms with Gasteiger partial charge in [0, 0.05) is 25.2 Å². The van der Waals surface area contributed by atoms with Gasteiger partial charge in [0.15, 0.2) is 0 Å². The van der Waals surface area contributed by atoms with Crippen molar-refractivity contribution in [3.8, 4) is 0 Å². The first-order valence-electron chi connectivity index (χ1n) is 6.86. The van der Waals surface area contributed by atoms with E-state index >= 15 is 0 Å². The number of thiol groups is 1. The molecule has 0 radical (unpaired) electrons. The molecule has 0 bridgehead atoms. The number of fused-ring (bicyclic) bond motifs is 1. The molecule has 1 aromatic heterocycles. The first-order chi connectivity index (χ1) is 10.1. The topological polar surface area (TPSA) is 50.2 Å². The maximum Gasteiger partial charge on any atom is 0.329 e. The normalized spacial score (nSPS) is 11.5. The Hall–Kier alpha value is -1.60. The zero-order chi connectivity index (χ0) is 16.7. The molecular weight excluding hydrogens is 316 g/mol. The highest BCUT2D eigenvalue weighted by Gasteiger charge is 2.27. The molecule has 1 aromatic carbocycles. The van der Waals surface area contributed by atoms with Gasteiger partial charge in [-0.15, -0.1) is 12.6 Å². The third-order valence-corrected chi connectivity index (χ3v) is 3.36. The number of aromatic nitrogens is 2. The quantitative estimate of drug-likeness (QED) is 0.618. The fourth-order valence-electron chi connectivity index (χ4n) is 2.17. The maximum atomic E-state index is 12.6. The molecule has 0 saturated heterocycles. The lowest BCUT2D eigenvalue weighted by Crippen LogP contribution is -2.31. The van der Waals surface area contributed by atoms with Gasteiger partial charge in [-0.1, -0.05) is 33.0 Å². The number of thiocarbonyl (C=S) groups is 1. The van der Waals surface area contributed by atoms with E-state index in [0.717, 1.165) is 22.5 Å². The average molecular weight is 336 g/mol. The fraction of sp³-hybridized carbons (Fsp3) is 0.400. The van der Waals surface area contributed by atoms with Crippen molar-refractivity contribution in [3.63, 3.8) is 0 Å². The highest BCUT2D eigenvalue weighted by Crippen LogP contribution is 2.28. The van der Waals surface area contributed by atoms with Crippen LogP contribution in [0.3, 0.4) is 0 Å². The van der Waals surface area contributed by atoms with E-state index in [0.29, 0.717) is 4.32 Å². The van der Waals surface area contributed by atoms with Gasteiger partial charge in [-0.25, -0.2) is 14.3 Å². The highest BCUT2D eigenvalue weighted by atomic mass is 32.1. The molecule has 0 unspecified atom stereocenters. The summed E-state index contributed by atoms with van der Waals surface area (Å²) in [4.78, 5) is 18.8. The molecule has 1 N–H and O–H groups in total. The first kappa shape index (κ1) is 16.8. The Balaban J connectivity index is 2.73. The molecule has 1 heterocycles. The third-order valence-electron chi connectivity index (χ3n) is 3.15. The molecule has 0 aliphatic carbocycles. The van der Waals surface area contributed by atoms with Gasteiger partial charge in [0.25, 0.3) is 0 Å². The van der Waals surface area contributed by atoms with Crippen LogP contribution in [-0.4, -0.2) is 38.9 Å². The van der Waals surface area contributed by atoms with E-state index < -0.39 is 0 Å². The summed E-state index contributed by atoms with van der Waals surface area (Å²) in [7, 11) is 3.46. The number of carbonyl (C=O) groups is 1. The van der Waals surface area contributed by atoms with E-state index in [4.69, 9.17) is 12.2 Å². The molecule has 22 heavy (non-hydrogen) atoms. The predicted molar refractivity (Wildman–Crippen MR) is 98.1 cm³/mol. The van der Waals surface area contributed by atoms with Gasteiger partial charge < -0.3 is 10.2 Å². The minimum atomic E-state index is -0.253. The summed E-state index contributed by atoms with van der Waals surface area (Å²) < 4.78 is 2.03. The number of rotatable bonds is 1. The number of carbonyl (C=O) groups excluding carboxylic acids is 1. The Bertz CT molecular complexity index is 744. The van der Waals surface area contributed by atoms with Crippen molar-refractivity contribution >= 4 is 51.9 Å². The van der Waals surface area contributed by atoms with Gasteiger partial charge in [-0.05, 0) is 18.2 Å². The number of hydrogen-bond acceptors (Lipinski definition) is 3. The van der Waals surface area contributed by atoms with Crippen LogP contribution in [0.2, 0.25) is 0 Å². The Labute approximate surface area is 141 Å². The van der Waals surface area contributed by atoms with E-state index in [1.165, 1.54) is 0 Å². The molecule has 1 amide bonds. The summed E-state index contributed by atoms with van der Waals surface area (Å²) >= 11 is 9.02. The molecule has 0 aliphatic rings. The van der Waals surface area contributed by atoms with E-state index in [2.05, 4.69) is 22.9 Å². The molecule has 2 aromatic rings. The minimum Gasteiger partial charge on any atom is -0.341 e. The van der Waals surface area contributed by atoms with Gasteiger partial charge in [0.2, 0.25) is 0 Å². The van der Waals surface area contributed by atoms with Gasteiger partial charge in [-0.3, -0.25) is 0 Å². The van der Waals surface area contributed by atoms with Crippen LogP contribution in [0.25, 0.3) is 11.0 Å².